The highest BCUT2D eigenvalue weighted by Crippen LogP contribution is 2.24. The highest BCUT2D eigenvalue weighted by Gasteiger charge is 2.37. The quantitative estimate of drug-likeness (QED) is 0.757. The molecule has 152 valence electrons. The lowest BCUT2D eigenvalue weighted by Crippen LogP contribution is -2.43. The number of rotatable bonds is 5. The first-order chi connectivity index (χ1) is 13.2. The third kappa shape index (κ3) is 4.16. The van der Waals surface area contributed by atoms with Crippen LogP contribution in [0.1, 0.15) is 36.1 Å². The molecule has 0 aliphatic carbocycles. The van der Waals surface area contributed by atoms with Gasteiger partial charge in [0.2, 0.25) is 5.91 Å². The van der Waals surface area contributed by atoms with E-state index in [1.165, 1.54) is 5.01 Å². The number of hydrazone groups is 1. The second-order valence-corrected chi connectivity index (χ2v) is 9.30. The van der Waals surface area contributed by atoms with Crippen molar-refractivity contribution in [1.82, 2.24) is 15.3 Å². The number of hydrogen-bond acceptors (Lipinski definition) is 7. The van der Waals surface area contributed by atoms with Gasteiger partial charge in [-0.25, -0.2) is 13.4 Å². The van der Waals surface area contributed by atoms with E-state index in [1.807, 2.05) is 13.8 Å². The Labute approximate surface area is 164 Å². The summed E-state index contributed by atoms with van der Waals surface area (Å²) >= 11 is 0. The van der Waals surface area contributed by atoms with Gasteiger partial charge in [0.05, 0.1) is 36.9 Å². The number of carbonyl (C=O) groups excluding carboxylic acids is 2. The molecule has 0 saturated carbocycles. The summed E-state index contributed by atoms with van der Waals surface area (Å²) in [6.07, 6.45) is 2.40. The fraction of sp³-hybridized carbons (Fsp3) is 0.556. The third-order valence-corrected chi connectivity index (χ3v) is 6.79. The maximum atomic E-state index is 12.5. The highest BCUT2D eigenvalue weighted by atomic mass is 32.2. The Hall–Kier alpha value is -2.49. The number of pyridine rings is 1. The fourth-order valence-electron chi connectivity index (χ4n) is 3.50. The summed E-state index contributed by atoms with van der Waals surface area (Å²) in [5.41, 5.74) is 2.66. The lowest BCUT2D eigenvalue weighted by atomic mass is 10.1. The van der Waals surface area contributed by atoms with Crippen molar-refractivity contribution in [3.05, 3.63) is 23.0 Å². The number of ether oxygens (including phenoxy) is 1. The molecule has 1 fully saturated rings. The lowest BCUT2D eigenvalue weighted by Gasteiger charge is -2.27. The van der Waals surface area contributed by atoms with Crippen molar-refractivity contribution in [1.29, 1.82) is 0 Å². The summed E-state index contributed by atoms with van der Waals surface area (Å²) in [6, 6.07) is -0.495. The predicted octanol–water partition coefficient (Wildman–Crippen LogP) is 0.489. The second-order valence-electron chi connectivity index (χ2n) is 7.07. The van der Waals surface area contributed by atoms with Crippen molar-refractivity contribution in [3.8, 4) is 5.75 Å². The first-order valence-corrected chi connectivity index (χ1v) is 10.9. The molecule has 28 heavy (non-hydrogen) atoms. The number of methoxy groups -OCH3 is 1. The van der Waals surface area contributed by atoms with Gasteiger partial charge in [-0.2, -0.15) is 5.10 Å². The maximum absolute atomic E-state index is 12.5. The Morgan fingerprint density at radius 2 is 2.11 bits per heavy atom. The van der Waals surface area contributed by atoms with Crippen LogP contribution < -0.4 is 10.1 Å². The monoisotopic (exact) mass is 408 g/mol. The van der Waals surface area contributed by atoms with Crippen LogP contribution in [0.5, 0.6) is 5.75 Å². The summed E-state index contributed by atoms with van der Waals surface area (Å²) in [5.74, 6) is 0.0225. The molecule has 1 aromatic rings. The highest BCUT2D eigenvalue weighted by molar-refractivity contribution is 7.91. The van der Waals surface area contributed by atoms with Crippen molar-refractivity contribution in [3.63, 3.8) is 0 Å². The smallest absolute Gasteiger partial charge is 0.267 e. The van der Waals surface area contributed by atoms with Crippen LogP contribution in [0.2, 0.25) is 0 Å². The van der Waals surface area contributed by atoms with Gasteiger partial charge in [-0.15, -0.1) is 0 Å². The Kier molecular flexibility index (Phi) is 5.69. The van der Waals surface area contributed by atoms with Crippen molar-refractivity contribution in [2.45, 2.75) is 45.7 Å². The van der Waals surface area contributed by atoms with E-state index in [0.29, 0.717) is 12.1 Å². The second kappa shape index (κ2) is 7.86. The number of aryl methyl sites for hydroxylation is 1. The maximum Gasteiger partial charge on any atom is 0.267 e. The SMILES string of the molecule is COc1c(C)cnc(CNC(=O)C2=NN(C3CCS(=O)(=O)C3)C(=O)CC2)c1C. The molecule has 0 bridgehead atoms. The molecule has 0 spiro atoms. The summed E-state index contributed by atoms with van der Waals surface area (Å²) in [7, 11) is -1.56. The van der Waals surface area contributed by atoms with Crippen molar-refractivity contribution < 1.29 is 22.7 Å². The molecule has 0 radical (unpaired) electrons. The number of nitrogens with one attached hydrogen (secondary N) is 1. The predicted molar refractivity (Wildman–Crippen MR) is 103 cm³/mol. The van der Waals surface area contributed by atoms with Crippen LogP contribution in [-0.4, -0.2) is 60.6 Å². The van der Waals surface area contributed by atoms with Crippen LogP contribution in [-0.2, 0) is 26.0 Å². The van der Waals surface area contributed by atoms with Crippen LogP contribution in [0.15, 0.2) is 11.3 Å². The van der Waals surface area contributed by atoms with E-state index in [9.17, 15) is 18.0 Å². The van der Waals surface area contributed by atoms with E-state index >= 15 is 0 Å². The van der Waals surface area contributed by atoms with E-state index in [-0.39, 0.29) is 48.4 Å². The third-order valence-electron chi connectivity index (χ3n) is 5.04. The van der Waals surface area contributed by atoms with E-state index in [2.05, 4.69) is 15.4 Å². The molecule has 2 aliphatic rings. The van der Waals surface area contributed by atoms with Gasteiger partial charge in [0.25, 0.3) is 5.91 Å². The average Bonchev–Trinajstić information content (AvgIpc) is 3.01. The average molecular weight is 408 g/mol. The van der Waals surface area contributed by atoms with Gasteiger partial charge < -0.3 is 10.1 Å². The standard InChI is InChI=1S/C18H24N4O5S/c1-11-8-19-15(12(2)17(11)27-3)9-20-18(24)14-4-5-16(23)22(21-14)13-6-7-28(25,26)10-13/h8,13H,4-7,9-10H2,1-3H3,(H,20,24). The van der Waals surface area contributed by atoms with Gasteiger partial charge in [0.1, 0.15) is 11.5 Å². The van der Waals surface area contributed by atoms with Gasteiger partial charge in [-0.05, 0) is 20.3 Å². The number of sulfone groups is 1. The number of aromatic nitrogens is 1. The van der Waals surface area contributed by atoms with Gasteiger partial charge >= 0.3 is 0 Å². The molecule has 10 heteroatoms. The summed E-state index contributed by atoms with van der Waals surface area (Å²) in [5, 5.41) is 8.13. The molecular weight excluding hydrogens is 384 g/mol. The Bertz CT molecular complexity index is 942. The zero-order chi connectivity index (χ0) is 20.5. The summed E-state index contributed by atoms with van der Waals surface area (Å²) in [4.78, 5) is 29.0. The molecule has 2 amide bonds. The van der Waals surface area contributed by atoms with Crippen molar-refractivity contribution >= 4 is 27.4 Å². The molecule has 1 atom stereocenters. The van der Waals surface area contributed by atoms with E-state index in [0.717, 1.165) is 16.9 Å². The minimum Gasteiger partial charge on any atom is -0.496 e. The topological polar surface area (TPSA) is 118 Å². The molecule has 3 heterocycles. The van der Waals surface area contributed by atoms with Gasteiger partial charge in [0, 0.05) is 30.2 Å². The minimum absolute atomic E-state index is 0.0404. The first kappa shape index (κ1) is 20.2. The number of carbonyl (C=O) groups is 2. The van der Waals surface area contributed by atoms with E-state index in [1.54, 1.807) is 13.3 Å². The van der Waals surface area contributed by atoms with Crippen molar-refractivity contribution in [2.75, 3.05) is 18.6 Å². The van der Waals surface area contributed by atoms with Crippen LogP contribution >= 0.6 is 0 Å². The molecule has 9 nitrogen and oxygen atoms in total. The van der Waals surface area contributed by atoms with Crippen LogP contribution in [0.25, 0.3) is 0 Å². The Morgan fingerprint density at radius 3 is 2.75 bits per heavy atom. The Balaban J connectivity index is 1.70. The van der Waals surface area contributed by atoms with Crippen LogP contribution in [0.3, 0.4) is 0 Å². The molecule has 1 N–H and O–H groups in total. The normalized spacial score (nSPS) is 21.4. The molecule has 3 rings (SSSR count). The summed E-state index contributed by atoms with van der Waals surface area (Å²) in [6.45, 7) is 3.97. The first-order valence-electron chi connectivity index (χ1n) is 9.09. The minimum atomic E-state index is -3.15. The number of nitrogens with zero attached hydrogens (tertiary/aromatic N) is 3. The zero-order valence-electron chi connectivity index (χ0n) is 16.2. The molecule has 1 aromatic heterocycles. The van der Waals surface area contributed by atoms with Crippen molar-refractivity contribution in [2.24, 2.45) is 5.10 Å². The van der Waals surface area contributed by atoms with E-state index < -0.39 is 15.9 Å². The molecule has 1 unspecified atom stereocenters. The Morgan fingerprint density at radius 1 is 1.36 bits per heavy atom. The zero-order valence-corrected chi connectivity index (χ0v) is 17.0. The number of hydrogen-bond donors (Lipinski definition) is 1. The largest absolute Gasteiger partial charge is 0.496 e. The fourth-order valence-corrected chi connectivity index (χ4v) is 5.20. The number of amides is 2. The van der Waals surface area contributed by atoms with Gasteiger partial charge in [-0.3, -0.25) is 14.6 Å². The summed E-state index contributed by atoms with van der Waals surface area (Å²) < 4.78 is 28.8. The van der Waals surface area contributed by atoms with Gasteiger partial charge in [0.15, 0.2) is 9.84 Å². The lowest BCUT2D eigenvalue weighted by molar-refractivity contribution is -0.133. The molecular formula is C18H24N4O5S. The molecule has 1 saturated heterocycles. The van der Waals surface area contributed by atoms with Crippen LogP contribution in [0, 0.1) is 13.8 Å². The van der Waals surface area contributed by atoms with E-state index in [4.69, 9.17) is 4.74 Å². The van der Waals surface area contributed by atoms with Crippen LogP contribution in [0.4, 0.5) is 0 Å². The van der Waals surface area contributed by atoms with Gasteiger partial charge in [-0.1, -0.05) is 0 Å². The molecule has 0 aromatic carbocycles. The molecule has 2 aliphatic heterocycles.